The molecule has 0 heterocycles. The molecule has 8 nitrogen and oxygen atoms in total. The maximum absolute atomic E-state index is 13.3. The van der Waals surface area contributed by atoms with Crippen molar-refractivity contribution in [1.82, 2.24) is 4.90 Å². The topological polar surface area (TPSA) is 91.4 Å². The minimum atomic E-state index is -3.60. The van der Waals surface area contributed by atoms with Crippen LogP contribution in [-0.4, -0.2) is 60.0 Å². The maximum Gasteiger partial charge on any atom is 0.306 e. The van der Waals surface area contributed by atoms with Crippen molar-refractivity contribution in [1.29, 1.82) is 0 Å². The van der Waals surface area contributed by atoms with Gasteiger partial charge >= 0.3 is 10.1 Å². The second kappa shape index (κ2) is 10.1. The number of rotatable bonds is 10. The first-order valence-electron chi connectivity index (χ1n) is 8.76. The van der Waals surface area contributed by atoms with Gasteiger partial charge in [0.15, 0.2) is 0 Å². The Balaban J connectivity index is 2.29. The monoisotopic (exact) mass is 423 g/mol. The fourth-order valence-corrected chi connectivity index (χ4v) is 3.18. The Morgan fingerprint density at radius 2 is 1.55 bits per heavy atom. The fraction of sp³-hybridized carbons (Fsp3) is 0.350. The third-order valence-electron chi connectivity index (χ3n) is 4.04. The molecule has 1 amide bonds. The first-order chi connectivity index (χ1) is 13.8. The van der Waals surface area contributed by atoms with E-state index >= 15 is 0 Å². The van der Waals surface area contributed by atoms with Gasteiger partial charge < -0.3 is 23.3 Å². The summed E-state index contributed by atoms with van der Waals surface area (Å²) in [5.74, 6) is 0.757. The van der Waals surface area contributed by atoms with Gasteiger partial charge in [0, 0.05) is 20.2 Å². The van der Waals surface area contributed by atoms with Crippen molar-refractivity contribution in [3.8, 4) is 17.2 Å². The third-order valence-corrected chi connectivity index (χ3v) is 4.53. The number of benzene rings is 2. The van der Waals surface area contributed by atoms with Crippen LogP contribution in [0.3, 0.4) is 0 Å². The molecule has 0 atom stereocenters. The normalized spacial score (nSPS) is 11.0. The van der Waals surface area contributed by atoms with E-state index in [1.54, 1.807) is 54.5 Å². The molecule has 0 aromatic heterocycles. The van der Waals surface area contributed by atoms with Crippen molar-refractivity contribution >= 4 is 16.0 Å². The average Bonchev–Trinajstić information content (AvgIpc) is 2.70. The number of nitrogens with zero attached hydrogens (tertiary/aromatic N) is 1. The summed E-state index contributed by atoms with van der Waals surface area (Å²) in [5.41, 5.74) is 1.12. The van der Waals surface area contributed by atoms with Crippen LogP contribution < -0.4 is 13.7 Å². The van der Waals surface area contributed by atoms with E-state index < -0.39 is 10.1 Å². The van der Waals surface area contributed by atoms with Gasteiger partial charge in [-0.25, -0.2) is 0 Å². The first kappa shape index (κ1) is 22.5. The van der Waals surface area contributed by atoms with Gasteiger partial charge in [-0.1, -0.05) is 18.2 Å². The van der Waals surface area contributed by atoms with Crippen molar-refractivity contribution in [3.63, 3.8) is 0 Å². The molecular formula is C20H25NO7S. The molecule has 0 radical (unpaired) electrons. The molecular weight excluding hydrogens is 398 g/mol. The van der Waals surface area contributed by atoms with Gasteiger partial charge in [0.2, 0.25) is 0 Å². The molecule has 0 aliphatic rings. The van der Waals surface area contributed by atoms with Crippen LogP contribution in [0.25, 0.3) is 0 Å². The zero-order valence-corrected chi connectivity index (χ0v) is 17.7. The van der Waals surface area contributed by atoms with E-state index in [4.69, 9.17) is 18.4 Å². The van der Waals surface area contributed by atoms with Gasteiger partial charge in [-0.2, -0.15) is 8.42 Å². The van der Waals surface area contributed by atoms with Crippen molar-refractivity contribution < 1.29 is 31.6 Å². The molecule has 2 rings (SSSR count). The first-order valence-corrected chi connectivity index (χ1v) is 10.6. The molecule has 0 saturated carbocycles. The summed E-state index contributed by atoms with van der Waals surface area (Å²) in [6.07, 6.45) is 0.979. The Labute approximate surface area is 171 Å². The van der Waals surface area contributed by atoms with Crippen LogP contribution in [0, 0.1) is 0 Å². The average molecular weight is 423 g/mol. The number of hydrogen-bond acceptors (Lipinski definition) is 7. The van der Waals surface area contributed by atoms with Gasteiger partial charge in [0.1, 0.15) is 22.8 Å². The summed E-state index contributed by atoms with van der Waals surface area (Å²) in [6.45, 7) is 0.971. The van der Waals surface area contributed by atoms with Crippen molar-refractivity contribution in [2.24, 2.45) is 0 Å². The van der Waals surface area contributed by atoms with E-state index in [2.05, 4.69) is 0 Å². The number of amides is 1. The molecule has 29 heavy (non-hydrogen) atoms. The molecule has 0 unspecified atom stereocenters. The minimum Gasteiger partial charge on any atom is -0.496 e. The molecule has 158 valence electrons. The molecule has 2 aromatic rings. The highest BCUT2D eigenvalue weighted by atomic mass is 32.2. The molecule has 2 aromatic carbocycles. The molecule has 0 aliphatic carbocycles. The summed E-state index contributed by atoms with van der Waals surface area (Å²) < 4.78 is 43.1. The van der Waals surface area contributed by atoms with Crippen LogP contribution in [0.15, 0.2) is 42.5 Å². The predicted molar refractivity (Wildman–Crippen MR) is 108 cm³/mol. The highest BCUT2D eigenvalue weighted by molar-refractivity contribution is 7.86. The third kappa shape index (κ3) is 6.37. The van der Waals surface area contributed by atoms with E-state index in [-0.39, 0.29) is 18.2 Å². The van der Waals surface area contributed by atoms with Crippen LogP contribution in [0.5, 0.6) is 17.2 Å². The summed E-state index contributed by atoms with van der Waals surface area (Å²) in [5, 5.41) is 0. The predicted octanol–water partition coefficient (Wildman–Crippen LogP) is 2.33. The number of ether oxygens (including phenoxy) is 3. The van der Waals surface area contributed by atoms with Crippen LogP contribution in [0.2, 0.25) is 0 Å². The minimum absolute atomic E-state index is 0.206. The number of carbonyl (C=O) groups excluding carboxylic acids is 1. The van der Waals surface area contributed by atoms with Crippen LogP contribution in [-0.2, 0) is 21.4 Å². The summed E-state index contributed by atoms with van der Waals surface area (Å²) >= 11 is 0. The van der Waals surface area contributed by atoms with Crippen molar-refractivity contribution in [2.45, 2.75) is 6.54 Å². The molecule has 9 heteroatoms. The Morgan fingerprint density at radius 3 is 2.03 bits per heavy atom. The standard InChI is InChI=1S/C20H25NO7S/c1-25-13-12-21(14-15-8-10-16(11-9-15)28-29(4,23)24)20(22)19-17(26-2)6-5-7-18(19)27-3/h5-11H,12-14H2,1-4H3. The van der Waals surface area contributed by atoms with Crippen LogP contribution in [0.1, 0.15) is 15.9 Å². The van der Waals surface area contributed by atoms with Crippen LogP contribution in [0.4, 0.5) is 0 Å². The number of carbonyl (C=O) groups is 1. The van der Waals surface area contributed by atoms with E-state index in [9.17, 15) is 13.2 Å². The van der Waals surface area contributed by atoms with Gasteiger partial charge in [0.05, 0.1) is 27.1 Å². The second-order valence-electron chi connectivity index (χ2n) is 6.19. The highest BCUT2D eigenvalue weighted by Gasteiger charge is 2.24. The van der Waals surface area contributed by atoms with Crippen molar-refractivity contribution in [2.75, 3.05) is 40.7 Å². The number of methoxy groups -OCH3 is 3. The molecule has 0 bridgehead atoms. The lowest BCUT2D eigenvalue weighted by molar-refractivity contribution is 0.0673. The lowest BCUT2D eigenvalue weighted by atomic mass is 10.1. The largest absolute Gasteiger partial charge is 0.496 e. The van der Waals surface area contributed by atoms with Gasteiger partial charge in [-0.05, 0) is 29.8 Å². The Morgan fingerprint density at radius 1 is 0.966 bits per heavy atom. The SMILES string of the molecule is COCCN(Cc1ccc(OS(C)(=O)=O)cc1)C(=O)c1c(OC)cccc1OC. The highest BCUT2D eigenvalue weighted by Crippen LogP contribution is 2.30. The van der Waals surface area contributed by atoms with E-state index in [1.165, 1.54) is 14.2 Å². The Bertz CT molecular complexity index is 904. The summed E-state index contributed by atoms with van der Waals surface area (Å²) in [7, 11) is 0.944. The van der Waals surface area contributed by atoms with E-state index in [0.717, 1.165) is 11.8 Å². The zero-order valence-electron chi connectivity index (χ0n) is 16.9. The van der Waals surface area contributed by atoms with Gasteiger partial charge in [-0.15, -0.1) is 0 Å². The zero-order chi connectivity index (χ0) is 21.4. The quantitative estimate of drug-likeness (QED) is 0.542. The molecule has 0 spiro atoms. The van der Waals surface area contributed by atoms with E-state index in [0.29, 0.717) is 30.2 Å². The molecule has 0 N–H and O–H groups in total. The fourth-order valence-electron chi connectivity index (χ4n) is 2.72. The Hall–Kier alpha value is -2.78. The smallest absolute Gasteiger partial charge is 0.306 e. The molecule has 0 saturated heterocycles. The molecule has 0 fully saturated rings. The summed E-state index contributed by atoms with van der Waals surface area (Å²) in [6, 6.07) is 11.6. The second-order valence-corrected chi connectivity index (χ2v) is 7.76. The maximum atomic E-state index is 13.3. The van der Waals surface area contributed by atoms with E-state index in [1.807, 2.05) is 0 Å². The van der Waals surface area contributed by atoms with Crippen molar-refractivity contribution in [3.05, 3.63) is 53.6 Å². The van der Waals surface area contributed by atoms with Gasteiger partial charge in [0.25, 0.3) is 5.91 Å². The number of hydrogen-bond donors (Lipinski definition) is 0. The van der Waals surface area contributed by atoms with Crippen LogP contribution >= 0.6 is 0 Å². The molecule has 0 aliphatic heterocycles. The summed E-state index contributed by atoms with van der Waals surface area (Å²) in [4.78, 5) is 14.9. The Kier molecular flexibility index (Phi) is 7.86. The lowest BCUT2D eigenvalue weighted by Gasteiger charge is -2.24. The lowest BCUT2D eigenvalue weighted by Crippen LogP contribution is -2.34. The van der Waals surface area contributed by atoms with Gasteiger partial charge in [-0.3, -0.25) is 4.79 Å².